The Morgan fingerprint density at radius 1 is 1.12 bits per heavy atom. The third-order valence-corrected chi connectivity index (χ3v) is 4.99. The Morgan fingerprint density at radius 2 is 1.79 bits per heavy atom. The van der Waals surface area contributed by atoms with E-state index in [1.54, 1.807) is 17.7 Å². The van der Waals surface area contributed by atoms with Gasteiger partial charge in [-0.3, -0.25) is 14.3 Å². The summed E-state index contributed by atoms with van der Waals surface area (Å²) in [7, 11) is 2.07. The number of aromatic nitrogens is 2. The van der Waals surface area contributed by atoms with Gasteiger partial charge in [0, 0.05) is 30.4 Å². The van der Waals surface area contributed by atoms with Crippen LogP contribution in [0.4, 0.5) is 5.69 Å². The Morgan fingerprint density at radius 3 is 2.46 bits per heavy atom. The molecule has 0 bridgehead atoms. The van der Waals surface area contributed by atoms with Gasteiger partial charge in [0.1, 0.15) is 0 Å². The summed E-state index contributed by atoms with van der Waals surface area (Å²) < 4.78 is 1.66. The fraction of sp³-hybridized carbons (Fsp3) is 0.368. The minimum Gasteiger partial charge on any atom is -0.368 e. The molecule has 0 radical (unpaired) electrons. The van der Waals surface area contributed by atoms with Crippen LogP contribution in [0.3, 0.4) is 0 Å². The number of hydrogen-bond acceptors (Lipinski definition) is 3. The van der Waals surface area contributed by atoms with Crippen LogP contribution in [-0.2, 0) is 0 Å². The van der Waals surface area contributed by atoms with Crippen molar-refractivity contribution in [3.63, 3.8) is 0 Å². The second-order valence-electron chi connectivity index (χ2n) is 6.63. The minimum absolute atomic E-state index is 0.0517. The Balaban J connectivity index is 1.97. The smallest absolute Gasteiger partial charge is 0.328 e. The Labute approximate surface area is 141 Å². The number of H-pyrrole nitrogens is 1. The van der Waals surface area contributed by atoms with Gasteiger partial charge in [-0.2, -0.15) is 0 Å². The predicted octanol–water partition coefficient (Wildman–Crippen LogP) is 2.49. The van der Waals surface area contributed by atoms with Gasteiger partial charge in [0.05, 0.1) is 12.1 Å². The summed E-state index contributed by atoms with van der Waals surface area (Å²) in [6, 6.07) is 10.4. The van der Waals surface area contributed by atoms with Crippen LogP contribution in [0.25, 0.3) is 0 Å². The highest BCUT2D eigenvalue weighted by atomic mass is 16.2. The number of rotatable bonds is 3. The quantitative estimate of drug-likeness (QED) is 0.882. The molecule has 5 nitrogen and oxygen atoms in total. The van der Waals surface area contributed by atoms with E-state index in [0.29, 0.717) is 5.56 Å². The van der Waals surface area contributed by atoms with Gasteiger partial charge in [-0.05, 0) is 26.0 Å². The van der Waals surface area contributed by atoms with E-state index in [4.69, 9.17) is 0 Å². The molecule has 0 amide bonds. The van der Waals surface area contributed by atoms with Crippen LogP contribution in [0, 0.1) is 12.8 Å². The van der Waals surface area contributed by atoms with Gasteiger partial charge in [-0.25, -0.2) is 4.79 Å². The molecule has 0 unspecified atom stereocenters. The van der Waals surface area contributed by atoms with Gasteiger partial charge in [0.15, 0.2) is 0 Å². The van der Waals surface area contributed by atoms with Gasteiger partial charge >= 0.3 is 5.69 Å². The molecule has 0 fully saturated rings. The molecule has 2 aromatic rings. The lowest BCUT2D eigenvalue weighted by molar-refractivity contribution is 0.381. The molecular formula is C19H23N3O2. The lowest BCUT2D eigenvalue weighted by Gasteiger charge is -2.32. The number of aromatic amines is 1. The van der Waals surface area contributed by atoms with Crippen molar-refractivity contribution < 1.29 is 0 Å². The molecule has 1 heterocycles. The molecule has 24 heavy (non-hydrogen) atoms. The SMILES string of the molecule is CC1=C[C@@H](N(C)c2ccccc2)[C@H](C)[C@H]1n1cc(C)c(=O)[nH]c1=O. The van der Waals surface area contributed by atoms with Crippen LogP contribution >= 0.6 is 0 Å². The first-order valence-electron chi connectivity index (χ1n) is 8.18. The van der Waals surface area contributed by atoms with E-state index in [0.717, 1.165) is 11.3 Å². The molecule has 5 heteroatoms. The van der Waals surface area contributed by atoms with Crippen molar-refractivity contribution in [2.45, 2.75) is 32.9 Å². The summed E-state index contributed by atoms with van der Waals surface area (Å²) in [6.45, 7) is 5.92. The van der Waals surface area contributed by atoms with Crippen molar-refractivity contribution in [2.75, 3.05) is 11.9 Å². The maximum Gasteiger partial charge on any atom is 0.328 e. The van der Waals surface area contributed by atoms with E-state index in [2.05, 4.69) is 42.1 Å². The van der Waals surface area contributed by atoms with Gasteiger partial charge < -0.3 is 4.90 Å². The highest BCUT2D eigenvalue weighted by molar-refractivity contribution is 5.49. The second-order valence-corrected chi connectivity index (χ2v) is 6.63. The summed E-state index contributed by atoms with van der Waals surface area (Å²) in [5, 5.41) is 0. The standard InChI is InChI=1S/C19H23N3O2/c1-12-10-16(21(4)15-8-6-5-7-9-15)14(3)17(12)22-11-13(2)18(23)20-19(22)24/h5-11,14,16-17H,1-4H3,(H,20,23,24)/t14-,16+,17-/m0/s1. The van der Waals surface area contributed by atoms with Crippen molar-refractivity contribution in [1.29, 1.82) is 0 Å². The molecule has 0 saturated heterocycles. The maximum atomic E-state index is 12.3. The normalized spacial score (nSPS) is 23.2. The third-order valence-electron chi connectivity index (χ3n) is 4.99. The van der Waals surface area contributed by atoms with Crippen molar-refractivity contribution in [1.82, 2.24) is 9.55 Å². The first-order chi connectivity index (χ1) is 11.4. The lowest BCUT2D eigenvalue weighted by atomic mass is 9.97. The molecule has 3 atom stereocenters. The summed E-state index contributed by atoms with van der Waals surface area (Å²) in [4.78, 5) is 28.6. The topological polar surface area (TPSA) is 58.1 Å². The van der Waals surface area contributed by atoms with Crippen LogP contribution in [0.2, 0.25) is 0 Å². The number of nitrogens with one attached hydrogen (secondary N) is 1. The monoisotopic (exact) mass is 325 g/mol. The van der Waals surface area contributed by atoms with E-state index >= 15 is 0 Å². The molecule has 1 aromatic carbocycles. The highest BCUT2D eigenvalue weighted by Gasteiger charge is 2.36. The van der Waals surface area contributed by atoms with Crippen LogP contribution in [-0.4, -0.2) is 22.6 Å². The van der Waals surface area contributed by atoms with Crippen LogP contribution in [0.5, 0.6) is 0 Å². The van der Waals surface area contributed by atoms with Crippen molar-refractivity contribution >= 4 is 5.69 Å². The van der Waals surface area contributed by atoms with E-state index < -0.39 is 0 Å². The first-order valence-corrected chi connectivity index (χ1v) is 8.18. The van der Waals surface area contributed by atoms with Crippen LogP contribution in [0.15, 0.2) is 57.8 Å². The fourth-order valence-corrected chi connectivity index (χ4v) is 3.69. The molecule has 1 aromatic heterocycles. The van der Waals surface area contributed by atoms with Crippen LogP contribution in [0.1, 0.15) is 25.5 Å². The predicted molar refractivity (Wildman–Crippen MR) is 96.7 cm³/mol. The fourth-order valence-electron chi connectivity index (χ4n) is 3.69. The number of aryl methyl sites for hydroxylation is 1. The Hall–Kier alpha value is -2.56. The lowest BCUT2D eigenvalue weighted by Crippen LogP contribution is -2.39. The van der Waals surface area contributed by atoms with Crippen molar-refractivity contribution in [3.8, 4) is 0 Å². The number of likely N-dealkylation sites (N-methyl/N-ethyl adjacent to an activating group) is 1. The Kier molecular flexibility index (Phi) is 4.18. The zero-order valence-corrected chi connectivity index (χ0v) is 14.5. The average molecular weight is 325 g/mol. The van der Waals surface area contributed by atoms with Gasteiger partial charge in [-0.1, -0.05) is 36.8 Å². The largest absolute Gasteiger partial charge is 0.368 e. The second kappa shape index (κ2) is 6.15. The van der Waals surface area contributed by atoms with E-state index in [-0.39, 0.29) is 29.3 Å². The summed E-state index contributed by atoms with van der Waals surface area (Å²) in [5.74, 6) is 0.207. The minimum atomic E-state index is -0.349. The number of para-hydroxylation sites is 1. The first kappa shape index (κ1) is 16.3. The van der Waals surface area contributed by atoms with E-state index in [1.165, 1.54) is 0 Å². The molecule has 0 saturated carbocycles. The number of anilines is 1. The van der Waals surface area contributed by atoms with Crippen molar-refractivity contribution in [2.24, 2.45) is 5.92 Å². The molecule has 0 spiro atoms. The molecule has 3 rings (SSSR count). The van der Waals surface area contributed by atoms with Crippen LogP contribution < -0.4 is 16.1 Å². The van der Waals surface area contributed by atoms with E-state index in [1.807, 2.05) is 25.1 Å². The highest BCUT2D eigenvalue weighted by Crippen LogP contribution is 2.38. The summed E-state index contributed by atoms with van der Waals surface area (Å²) >= 11 is 0. The van der Waals surface area contributed by atoms with E-state index in [9.17, 15) is 9.59 Å². The number of allylic oxidation sites excluding steroid dienone is 1. The number of benzene rings is 1. The van der Waals surface area contributed by atoms with Crippen molar-refractivity contribution in [3.05, 3.63) is 74.6 Å². The summed E-state index contributed by atoms with van der Waals surface area (Å²) in [5.41, 5.74) is 2.17. The number of nitrogens with zero attached hydrogens (tertiary/aromatic N) is 2. The zero-order valence-electron chi connectivity index (χ0n) is 14.5. The molecule has 1 N–H and O–H groups in total. The van der Waals surface area contributed by atoms with Gasteiger partial charge in [0.2, 0.25) is 0 Å². The maximum absolute atomic E-state index is 12.3. The molecule has 1 aliphatic carbocycles. The number of hydrogen-bond donors (Lipinski definition) is 1. The van der Waals surface area contributed by atoms with Gasteiger partial charge in [0.25, 0.3) is 5.56 Å². The Bertz CT molecular complexity index is 879. The molecule has 126 valence electrons. The zero-order chi connectivity index (χ0) is 17.4. The molecule has 0 aliphatic heterocycles. The average Bonchev–Trinajstić information content (AvgIpc) is 2.86. The summed E-state index contributed by atoms with van der Waals surface area (Å²) in [6.07, 6.45) is 3.89. The third kappa shape index (κ3) is 2.70. The molecule has 1 aliphatic rings. The molecular weight excluding hydrogens is 302 g/mol. The van der Waals surface area contributed by atoms with Gasteiger partial charge in [-0.15, -0.1) is 0 Å².